The van der Waals surface area contributed by atoms with E-state index in [0.717, 1.165) is 31.4 Å². The molecule has 0 bridgehead atoms. The zero-order valence-corrected chi connectivity index (χ0v) is 13.8. The van der Waals surface area contributed by atoms with Crippen LogP contribution >= 0.6 is 12.4 Å². The Morgan fingerprint density at radius 3 is 2.61 bits per heavy atom. The molecular formula is C16H22ClF3N2O. The van der Waals surface area contributed by atoms with E-state index in [1.165, 1.54) is 11.0 Å². The highest BCUT2D eigenvalue weighted by atomic mass is 35.5. The van der Waals surface area contributed by atoms with Crippen LogP contribution in [0.5, 0.6) is 0 Å². The number of amides is 1. The fraction of sp³-hybridized carbons (Fsp3) is 0.562. The molecule has 0 aliphatic heterocycles. The van der Waals surface area contributed by atoms with Crippen LogP contribution in [0.25, 0.3) is 0 Å². The van der Waals surface area contributed by atoms with Gasteiger partial charge in [-0.3, -0.25) is 4.79 Å². The summed E-state index contributed by atoms with van der Waals surface area (Å²) in [4.78, 5) is 13.7. The highest BCUT2D eigenvalue weighted by Crippen LogP contribution is 2.30. The lowest BCUT2D eigenvalue weighted by molar-refractivity contribution is -0.137. The highest BCUT2D eigenvalue weighted by Gasteiger charge is 2.31. The fourth-order valence-electron chi connectivity index (χ4n) is 2.91. The Morgan fingerprint density at radius 2 is 2.04 bits per heavy atom. The summed E-state index contributed by atoms with van der Waals surface area (Å²) < 4.78 is 38.0. The number of nitrogens with zero attached hydrogens (tertiary/aromatic N) is 1. The van der Waals surface area contributed by atoms with E-state index in [0.29, 0.717) is 12.0 Å². The van der Waals surface area contributed by atoms with Gasteiger partial charge in [0.2, 0.25) is 5.91 Å². The van der Waals surface area contributed by atoms with Crippen molar-refractivity contribution < 1.29 is 18.0 Å². The SMILES string of the molecule is CN(Cc1cccc(C(F)(F)F)c1)C(=O)C[C@@H]1CCC[C@H]1N.Cl. The average molecular weight is 351 g/mol. The molecule has 1 fully saturated rings. The first-order valence-electron chi connectivity index (χ1n) is 7.43. The minimum absolute atomic E-state index is 0. The predicted molar refractivity (Wildman–Crippen MR) is 85.1 cm³/mol. The van der Waals surface area contributed by atoms with Gasteiger partial charge in [-0.15, -0.1) is 12.4 Å². The molecule has 0 spiro atoms. The van der Waals surface area contributed by atoms with Crippen molar-refractivity contribution in [1.82, 2.24) is 4.90 Å². The van der Waals surface area contributed by atoms with Crippen LogP contribution in [0.3, 0.4) is 0 Å². The second kappa shape index (κ2) is 8.02. The van der Waals surface area contributed by atoms with Crippen molar-refractivity contribution >= 4 is 18.3 Å². The molecule has 1 aliphatic carbocycles. The summed E-state index contributed by atoms with van der Waals surface area (Å²) in [5.74, 6) is 0.122. The van der Waals surface area contributed by atoms with E-state index < -0.39 is 11.7 Å². The molecule has 0 heterocycles. The third-order valence-electron chi connectivity index (χ3n) is 4.25. The van der Waals surface area contributed by atoms with Gasteiger partial charge in [0.1, 0.15) is 0 Å². The first kappa shape index (κ1) is 19.8. The highest BCUT2D eigenvalue weighted by molar-refractivity contribution is 5.85. The summed E-state index contributed by atoms with van der Waals surface area (Å²) in [6, 6.07) is 5.14. The number of benzene rings is 1. The smallest absolute Gasteiger partial charge is 0.341 e. The monoisotopic (exact) mass is 350 g/mol. The Kier molecular flexibility index (Phi) is 6.89. The summed E-state index contributed by atoms with van der Waals surface area (Å²) in [6.07, 6.45) is -1.07. The third kappa shape index (κ3) is 5.39. The van der Waals surface area contributed by atoms with Crippen LogP contribution in [0, 0.1) is 5.92 Å². The van der Waals surface area contributed by atoms with Crippen LogP contribution in [0.15, 0.2) is 24.3 Å². The van der Waals surface area contributed by atoms with Crippen LogP contribution in [0.2, 0.25) is 0 Å². The lowest BCUT2D eigenvalue weighted by atomic mass is 9.99. The Hall–Kier alpha value is -1.27. The zero-order chi connectivity index (χ0) is 16.3. The minimum Gasteiger partial charge on any atom is -0.341 e. The fourth-order valence-corrected chi connectivity index (χ4v) is 2.91. The third-order valence-corrected chi connectivity index (χ3v) is 4.25. The molecule has 0 unspecified atom stereocenters. The molecule has 23 heavy (non-hydrogen) atoms. The van der Waals surface area contributed by atoms with E-state index in [1.54, 1.807) is 13.1 Å². The molecule has 7 heteroatoms. The van der Waals surface area contributed by atoms with Crippen LogP contribution in [0.1, 0.15) is 36.8 Å². The van der Waals surface area contributed by atoms with E-state index in [-0.39, 0.29) is 36.8 Å². The Morgan fingerprint density at radius 1 is 1.35 bits per heavy atom. The predicted octanol–water partition coefficient (Wildman–Crippen LogP) is 3.60. The van der Waals surface area contributed by atoms with E-state index in [4.69, 9.17) is 5.73 Å². The standard InChI is InChI=1S/C16H21F3N2O.ClH/c1-21(15(22)9-12-5-3-7-14(12)20)10-11-4-2-6-13(8-11)16(17,18)19;/h2,4,6,8,12,14H,3,5,7,9-10,20H2,1H3;1H/t12-,14+;/m0./s1. The van der Waals surface area contributed by atoms with E-state index in [9.17, 15) is 18.0 Å². The molecule has 1 aromatic carbocycles. The molecule has 1 aliphatic rings. The Bertz CT molecular complexity index is 536. The van der Waals surface area contributed by atoms with Gasteiger partial charge in [0.25, 0.3) is 0 Å². The van der Waals surface area contributed by atoms with Gasteiger partial charge < -0.3 is 10.6 Å². The second-order valence-electron chi connectivity index (χ2n) is 6.01. The number of hydrogen-bond donors (Lipinski definition) is 1. The molecular weight excluding hydrogens is 329 g/mol. The van der Waals surface area contributed by atoms with Crippen LogP contribution in [-0.4, -0.2) is 23.9 Å². The molecule has 2 rings (SSSR count). The maximum absolute atomic E-state index is 12.7. The van der Waals surface area contributed by atoms with Gasteiger partial charge in [-0.25, -0.2) is 0 Å². The molecule has 1 amide bonds. The summed E-state index contributed by atoms with van der Waals surface area (Å²) in [6.45, 7) is 0.171. The summed E-state index contributed by atoms with van der Waals surface area (Å²) in [5, 5.41) is 0. The maximum atomic E-state index is 12.7. The number of halogens is 4. The minimum atomic E-state index is -4.37. The van der Waals surface area contributed by atoms with Crippen LogP contribution in [0.4, 0.5) is 13.2 Å². The van der Waals surface area contributed by atoms with Crippen molar-refractivity contribution in [1.29, 1.82) is 0 Å². The second-order valence-corrected chi connectivity index (χ2v) is 6.01. The van der Waals surface area contributed by atoms with Crippen molar-refractivity contribution in [2.45, 2.75) is 44.4 Å². The van der Waals surface area contributed by atoms with Crippen molar-refractivity contribution in [3.63, 3.8) is 0 Å². The van der Waals surface area contributed by atoms with Gasteiger partial charge >= 0.3 is 6.18 Å². The van der Waals surface area contributed by atoms with E-state index in [2.05, 4.69) is 0 Å². The van der Waals surface area contributed by atoms with Gasteiger partial charge in [-0.05, 0) is 36.5 Å². The molecule has 0 saturated heterocycles. The van der Waals surface area contributed by atoms with Gasteiger partial charge in [0, 0.05) is 26.1 Å². The van der Waals surface area contributed by atoms with Crippen LogP contribution in [-0.2, 0) is 17.5 Å². The molecule has 3 nitrogen and oxygen atoms in total. The number of hydrogen-bond acceptors (Lipinski definition) is 2. The first-order chi connectivity index (χ1) is 10.3. The van der Waals surface area contributed by atoms with Crippen molar-refractivity contribution in [2.75, 3.05) is 7.05 Å². The van der Waals surface area contributed by atoms with Gasteiger partial charge in [0.05, 0.1) is 5.56 Å². The Labute approximate surface area is 140 Å². The van der Waals surface area contributed by atoms with Gasteiger partial charge in [-0.2, -0.15) is 13.2 Å². The lowest BCUT2D eigenvalue weighted by Crippen LogP contribution is -2.32. The number of carbonyl (C=O) groups excluding carboxylic acids is 1. The molecule has 1 saturated carbocycles. The first-order valence-corrected chi connectivity index (χ1v) is 7.43. The van der Waals surface area contributed by atoms with Crippen molar-refractivity contribution in [3.05, 3.63) is 35.4 Å². The van der Waals surface area contributed by atoms with Gasteiger partial charge in [0.15, 0.2) is 0 Å². The molecule has 0 radical (unpaired) electrons. The summed E-state index contributed by atoms with van der Waals surface area (Å²) in [5.41, 5.74) is 5.73. The normalized spacial score (nSPS) is 20.9. The molecule has 2 N–H and O–H groups in total. The van der Waals surface area contributed by atoms with Crippen molar-refractivity contribution in [3.8, 4) is 0 Å². The van der Waals surface area contributed by atoms with Gasteiger partial charge in [-0.1, -0.05) is 18.6 Å². The number of rotatable bonds is 4. The largest absolute Gasteiger partial charge is 0.416 e. The van der Waals surface area contributed by atoms with E-state index in [1.807, 2.05) is 0 Å². The summed E-state index contributed by atoms with van der Waals surface area (Å²) in [7, 11) is 1.61. The maximum Gasteiger partial charge on any atom is 0.416 e. The molecule has 1 aromatic rings. The number of alkyl halides is 3. The number of nitrogens with two attached hydrogens (primary N) is 1. The topological polar surface area (TPSA) is 46.3 Å². The zero-order valence-electron chi connectivity index (χ0n) is 13.0. The molecule has 2 atom stereocenters. The lowest BCUT2D eigenvalue weighted by Gasteiger charge is -2.21. The van der Waals surface area contributed by atoms with E-state index >= 15 is 0 Å². The average Bonchev–Trinajstić information content (AvgIpc) is 2.83. The van der Waals surface area contributed by atoms with Crippen molar-refractivity contribution in [2.24, 2.45) is 11.7 Å². The Balaban J connectivity index is 0.00000264. The quantitative estimate of drug-likeness (QED) is 0.901. The number of carbonyl (C=O) groups is 1. The summed E-state index contributed by atoms with van der Waals surface area (Å²) >= 11 is 0. The van der Waals surface area contributed by atoms with Crippen LogP contribution < -0.4 is 5.73 Å². The molecule has 0 aromatic heterocycles. The molecule has 130 valence electrons.